The van der Waals surface area contributed by atoms with Crippen LogP contribution in [0.1, 0.15) is 5.56 Å². The summed E-state index contributed by atoms with van der Waals surface area (Å²) in [5, 5.41) is 0.399. The lowest BCUT2D eigenvalue weighted by atomic mass is 10.3. The van der Waals surface area contributed by atoms with Crippen molar-refractivity contribution in [2.24, 2.45) is 0 Å². The molecule has 0 aromatic carbocycles. The Morgan fingerprint density at radius 2 is 2.33 bits per heavy atom. The normalized spacial score (nSPS) is 8.92. The van der Waals surface area contributed by atoms with Crippen LogP contribution >= 0.6 is 39.1 Å². The van der Waals surface area contributed by atoms with Gasteiger partial charge in [0.05, 0.1) is 11.4 Å². The van der Waals surface area contributed by atoms with Crippen molar-refractivity contribution in [3.05, 3.63) is 27.5 Å². The molecule has 0 aliphatic heterocycles. The summed E-state index contributed by atoms with van der Waals surface area (Å²) in [5.74, 6) is 5.79. The molecule has 0 unspecified atom stereocenters. The molecule has 0 aliphatic carbocycles. The van der Waals surface area contributed by atoms with Crippen molar-refractivity contribution in [1.29, 1.82) is 0 Å². The van der Waals surface area contributed by atoms with Crippen molar-refractivity contribution < 1.29 is 0 Å². The predicted octanol–water partition coefficient (Wildman–Crippen LogP) is 3.09. The third kappa shape index (κ3) is 2.67. The van der Waals surface area contributed by atoms with Gasteiger partial charge in [-0.15, -0.1) is 11.6 Å². The van der Waals surface area contributed by atoms with Crippen LogP contribution in [0.5, 0.6) is 0 Å². The molecule has 62 valence electrons. The van der Waals surface area contributed by atoms with Gasteiger partial charge >= 0.3 is 0 Å². The third-order valence-electron chi connectivity index (χ3n) is 1.10. The van der Waals surface area contributed by atoms with Gasteiger partial charge < -0.3 is 0 Å². The van der Waals surface area contributed by atoms with Crippen LogP contribution in [0, 0.1) is 11.8 Å². The average molecular weight is 265 g/mol. The van der Waals surface area contributed by atoms with Gasteiger partial charge in [0.2, 0.25) is 0 Å². The van der Waals surface area contributed by atoms with Crippen molar-refractivity contribution in [3.8, 4) is 11.8 Å². The molecular formula is C8H4BrCl2N. The number of hydrogen-bond donors (Lipinski definition) is 0. The van der Waals surface area contributed by atoms with Gasteiger partial charge in [-0.25, -0.2) is 4.98 Å². The van der Waals surface area contributed by atoms with Gasteiger partial charge in [0.1, 0.15) is 5.15 Å². The Labute approximate surface area is 89.2 Å². The zero-order valence-electron chi connectivity index (χ0n) is 5.94. The minimum absolute atomic E-state index is 0.294. The SMILES string of the molecule is ClCC#Cc1cc(Br)cnc1Cl. The third-order valence-corrected chi connectivity index (χ3v) is 1.96. The highest BCUT2D eigenvalue weighted by atomic mass is 79.9. The number of halogens is 3. The molecular weight excluding hydrogens is 261 g/mol. The quantitative estimate of drug-likeness (QED) is 0.399. The van der Waals surface area contributed by atoms with Gasteiger partial charge in [-0.3, -0.25) is 0 Å². The lowest BCUT2D eigenvalue weighted by Gasteiger charge is -1.94. The van der Waals surface area contributed by atoms with E-state index in [-0.39, 0.29) is 0 Å². The van der Waals surface area contributed by atoms with Crippen LogP contribution in [0.15, 0.2) is 16.7 Å². The van der Waals surface area contributed by atoms with Crippen LogP contribution in [0.3, 0.4) is 0 Å². The van der Waals surface area contributed by atoms with Crippen LogP contribution < -0.4 is 0 Å². The molecule has 1 nitrogen and oxygen atoms in total. The monoisotopic (exact) mass is 263 g/mol. The molecule has 0 aliphatic rings. The number of alkyl halides is 1. The summed E-state index contributed by atoms with van der Waals surface area (Å²) >= 11 is 14.4. The summed E-state index contributed by atoms with van der Waals surface area (Å²) in [5.41, 5.74) is 0.687. The molecule has 4 heteroatoms. The highest BCUT2D eigenvalue weighted by molar-refractivity contribution is 9.10. The van der Waals surface area contributed by atoms with Crippen LogP contribution in [-0.4, -0.2) is 10.9 Å². The summed E-state index contributed by atoms with van der Waals surface area (Å²) in [6.45, 7) is 0. The first kappa shape index (κ1) is 9.85. The van der Waals surface area contributed by atoms with E-state index >= 15 is 0 Å². The Morgan fingerprint density at radius 3 is 3.00 bits per heavy atom. The fraction of sp³-hybridized carbons (Fsp3) is 0.125. The zero-order valence-corrected chi connectivity index (χ0v) is 9.04. The van der Waals surface area contributed by atoms with E-state index in [1.54, 1.807) is 12.3 Å². The minimum Gasteiger partial charge on any atom is -0.242 e. The zero-order chi connectivity index (χ0) is 8.97. The van der Waals surface area contributed by atoms with Gasteiger partial charge in [-0.2, -0.15) is 0 Å². The van der Waals surface area contributed by atoms with Gasteiger partial charge in [0.15, 0.2) is 0 Å². The molecule has 12 heavy (non-hydrogen) atoms. The Kier molecular flexibility index (Phi) is 3.87. The van der Waals surface area contributed by atoms with Crippen molar-refractivity contribution in [2.75, 3.05) is 5.88 Å². The van der Waals surface area contributed by atoms with E-state index in [0.29, 0.717) is 16.6 Å². The largest absolute Gasteiger partial charge is 0.242 e. The molecule has 0 N–H and O–H groups in total. The maximum Gasteiger partial charge on any atom is 0.144 e. The summed E-state index contributed by atoms with van der Waals surface area (Å²) in [6.07, 6.45) is 1.62. The van der Waals surface area contributed by atoms with Crippen molar-refractivity contribution >= 4 is 39.1 Å². The lowest BCUT2D eigenvalue weighted by molar-refractivity contribution is 1.29. The van der Waals surface area contributed by atoms with Gasteiger partial charge in [-0.1, -0.05) is 23.4 Å². The number of pyridine rings is 1. The summed E-state index contributed by atoms with van der Waals surface area (Å²) in [7, 11) is 0. The Morgan fingerprint density at radius 1 is 1.58 bits per heavy atom. The topological polar surface area (TPSA) is 12.9 Å². The van der Waals surface area contributed by atoms with Gasteiger partial charge in [0.25, 0.3) is 0 Å². The maximum absolute atomic E-state index is 5.75. The Hall–Kier alpha value is -0.230. The molecule has 0 fully saturated rings. The second-order valence-corrected chi connectivity index (χ2v) is 3.47. The minimum atomic E-state index is 0.294. The van der Waals surface area contributed by atoms with Crippen molar-refractivity contribution in [1.82, 2.24) is 4.98 Å². The highest BCUT2D eigenvalue weighted by Gasteiger charge is 1.97. The molecule has 1 aromatic heterocycles. The predicted molar refractivity (Wildman–Crippen MR) is 54.5 cm³/mol. The highest BCUT2D eigenvalue weighted by Crippen LogP contribution is 2.16. The molecule has 0 atom stereocenters. The summed E-state index contributed by atoms with van der Waals surface area (Å²) < 4.78 is 0.853. The molecule has 1 rings (SSSR count). The van der Waals surface area contributed by atoms with E-state index in [4.69, 9.17) is 23.2 Å². The first-order valence-corrected chi connectivity index (χ1v) is 4.80. The van der Waals surface area contributed by atoms with Crippen molar-refractivity contribution in [2.45, 2.75) is 0 Å². The second kappa shape index (κ2) is 4.71. The second-order valence-electron chi connectivity index (χ2n) is 1.93. The van der Waals surface area contributed by atoms with Crippen LogP contribution in [0.4, 0.5) is 0 Å². The molecule has 0 radical (unpaired) electrons. The summed E-state index contributed by atoms with van der Waals surface area (Å²) in [6, 6.07) is 1.80. The lowest BCUT2D eigenvalue weighted by Crippen LogP contribution is -1.82. The maximum atomic E-state index is 5.75. The van der Waals surface area contributed by atoms with Gasteiger partial charge in [-0.05, 0) is 22.0 Å². The Balaban J connectivity index is 3.05. The molecule has 0 amide bonds. The van der Waals surface area contributed by atoms with Crippen LogP contribution in [-0.2, 0) is 0 Å². The smallest absolute Gasteiger partial charge is 0.144 e. The molecule has 0 saturated carbocycles. The van der Waals surface area contributed by atoms with E-state index in [9.17, 15) is 0 Å². The molecule has 1 heterocycles. The average Bonchev–Trinajstić information content (AvgIpc) is 2.07. The first-order valence-electron chi connectivity index (χ1n) is 3.10. The fourth-order valence-corrected chi connectivity index (χ4v) is 1.19. The van der Waals surface area contributed by atoms with Gasteiger partial charge in [0, 0.05) is 10.7 Å². The molecule has 0 saturated heterocycles. The first-order chi connectivity index (χ1) is 5.74. The molecule has 1 aromatic rings. The van der Waals surface area contributed by atoms with Crippen LogP contribution in [0.25, 0.3) is 0 Å². The van der Waals surface area contributed by atoms with E-state index in [0.717, 1.165) is 4.47 Å². The number of hydrogen-bond acceptors (Lipinski definition) is 1. The Bertz CT molecular complexity index is 341. The van der Waals surface area contributed by atoms with E-state index in [1.807, 2.05) is 0 Å². The van der Waals surface area contributed by atoms with Crippen molar-refractivity contribution in [3.63, 3.8) is 0 Å². The number of nitrogens with zero attached hydrogens (tertiary/aromatic N) is 1. The number of rotatable bonds is 0. The number of aromatic nitrogens is 1. The van der Waals surface area contributed by atoms with Crippen LogP contribution in [0.2, 0.25) is 5.15 Å². The van der Waals surface area contributed by atoms with E-state index in [2.05, 4.69) is 32.8 Å². The van der Waals surface area contributed by atoms with E-state index in [1.165, 1.54) is 0 Å². The van der Waals surface area contributed by atoms with E-state index < -0.39 is 0 Å². The summed E-state index contributed by atoms with van der Waals surface area (Å²) in [4.78, 5) is 3.90. The molecule has 0 bridgehead atoms. The molecule has 0 spiro atoms. The standard InChI is InChI=1S/C8H4BrCl2N/c9-7-4-6(2-1-3-10)8(11)12-5-7/h4-5H,3H2. The fourth-order valence-electron chi connectivity index (χ4n) is 0.639.